The molecule has 2 heteroatoms. The smallest absolute Gasteiger partial charge is 0.207 e. The van der Waals surface area contributed by atoms with Crippen LogP contribution in [0.3, 0.4) is 0 Å². The first kappa shape index (κ1) is 8.21. The number of nitrogens with two attached hydrogens (primary N) is 1. The molecule has 1 atom stereocenters. The highest BCUT2D eigenvalue weighted by Gasteiger charge is 2.11. The Morgan fingerprint density at radius 2 is 2.45 bits per heavy atom. The zero-order chi connectivity index (χ0) is 8.10. The van der Waals surface area contributed by atoms with Crippen LogP contribution in [0.2, 0.25) is 0 Å². The SMILES string of the molecule is NCC([C]=O)C1=CCC=CC1. The highest BCUT2D eigenvalue weighted by atomic mass is 16.1. The predicted octanol–water partition coefficient (Wildman–Crippen LogP) is 0.947. The lowest BCUT2D eigenvalue weighted by Crippen LogP contribution is -2.18. The van der Waals surface area contributed by atoms with Crippen LogP contribution in [-0.4, -0.2) is 12.8 Å². The van der Waals surface area contributed by atoms with Crippen LogP contribution in [-0.2, 0) is 4.79 Å². The van der Waals surface area contributed by atoms with Crippen LogP contribution < -0.4 is 5.73 Å². The first-order valence-corrected chi connectivity index (χ1v) is 3.80. The van der Waals surface area contributed by atoms with E-state index in [1.54, 1.807) is 0 Å². The van der Waals surface area contributed by atoms with Crippen LogP contribution in [0.15, 0.2) is 23.8 Å². The van der Waals surface area contributed by atoms with Crippen LogP contribution in [0.5, 0.6) is 0 Å². The van der Waals surface area contributed by atoms with Gasteiger partial charge in [-0.2, -0.15) is 0 Å². The van der Waals surface area contributed by atoms with Crippen molar-refractivity contribution in [3.8, 4) is 0 Å². The molecule has 0 aromatic rings. The van der Waals surface area contributed by atoms with Gasteiger partial charge in [-0.05, 0) is 12.8 Å². The zero-order valence-corrected chi connectivity index (χ0v) is 6.42. The fourth-order valence-corrected chi connectivity index (χ4v) is 1.18. The molecule has 0 saturated carbocycles. The minimum absolute atomic E-state index is 0.181. The molecule has 1 aliphatic rings. The third kappa shape index (κ3) is 2.02. The van der Waals surface area contributed by atoms with Crippen molar-refractivity contribution in [3.63, 3.8) is 0 Å². The molecule has 11 heavy (non-hydrogen) atoms. The molecule has 0 heterocycles. The molecule has 0 aromatic heterocycles. The number of hydrogen-bond acceptors (Lipinski definition) is 2. The zero-order valence-electron chi connectivity index (χ0n) is 6.42. The fourth-order valence-electron chi connectivity index (χ4n) is 1.18. The first-order valence-electron chi connectivity index (χ1n) is 3.80. The van der Waals surface area contributed by atoms with Gasteiger partial charge in [0.2, 0.25) is 6.29 Å². The minimum Gasteiger partial charge on any atom is -0.329 e. The summed E-state index contributed by atoms with van der Waals surface area (Å²) in [6, 6.07) is 0. The van der Waals surface area contributed by atoms with Crippen LogP contribution in [0, 0.1) is 5.92 Å². The Hall–Kier alpha value is -0.890. The lowest BCUT2D eigenvalue weighted by molar-refractivity contribution is 0.533. The summed E-state index contributed by atoms with van der Waals surface area (Å²) in [6.07, 6.45) is 9.93. The number of hydrogen-bond donors (Lipinski definition) is 1. The standard InChI is InChI=1S/C9H12NO/c10-6-9(7-11)8-4-2-1-3-5-8/h1-2,5,9H,3-4,6,10H2. The van der Waals surface area contributed by atoms with Gasteiger partial charge in [-0.1, -0.05) is 23.8 Å². The lowest BCUT2D eigenvalue weighted by Gasteiger charge is -2.12. The quantitative estimate of drug-likeness (QED) is 0.608. The Labute approximate surface area is 66.8 Å². The second kappa shape index (κ2) is 4.09. The molecule has 0 amide bonds. The maximum Gasteiger partial charge on any atom is 0.207 e. The highest BCUT2D eigenvalue weighted by Crippen LogP contribution is 2.17. The van der Waals surface area contributed by atoms with E-state index in [0.29, 0.717) is 6.54 Å². The molecule has 0 spiro atoms. The summed E-state index contributed by atoms with van der Waals surface area (Å²) in [4.78, 5) is 10.4. The molecule has 59 valence electrons. The summed E-state index contributed by atoms with van der Waals surface area (Å²) in [5, 5.41) is 0. The van der Waals surface area contributed by atoms with Gasteiger partial charge >= 0.3 is 0 Å². The van der Waals surface area contributed by atoms with E-state index in [9.17, 15) is 4.79 Å². The van der Waals surface area contributed by atoms with E-state index in [1.165, 1.54) is 0 Å². The molecule has 0 bridgehead atoms. The van der Waals surface area contributed by atoms with Gasteiger partial charge in [0.1, 0.15) is 0 Å². The summed E-state index contributed by atoms with van der Waals surface area (Å²) in [5.74, 6) is -0.181. The van der Waals surface area contributed by atoms with E-state index in [4.69, 9.17) is 5.73 Å². The normalized spacial score (nSPS) is 19.2. The van der Waals surface area contributed by atoms with Gasteiger partial charge in [0.05, 0.1) is 5.92 Å². The molecule has 0 aromatic carbocycles. The number of allylic oxidation sites excluding steroid dienone is 3. The molecular weight excluding hydrogens is 138 g/mol. The Morgan fingerprint density at radius 1 is 1.64 bits per heavy atom. The van der Waals surface area contributed by atoms with Gasteiger partial charge in [-0.15, -0.1) is 0 Å². The summed E-state index contributed by atoms with van der Waals surface area (Å²) in [7, 11) is 0. The Kier molecular flexibility index (Phi) is 3.05. The van der Waals surface area contributed by atoms with Crippen molar-refractivity contribution in [1.29, 1.82) is 0 Å². The van der Waals surface area contributed by atoms with Gasteiger partial charge in [0, 0.05) is 6.54 Å². The van der Waals surface area contributed by atoms with Gasteiger partial charge in [-0.25, -0.2) is 0 Å². The van der Waals surface area contributed by atoms with Crippen LogP contribution in [0.1, 0.15) is 12.8 Å². The van der Waals surface area contributed by atoms with Crippen molar-refractivity contribution in [3.05, 3.63) is 23.8 Å². The van der Waals surface area contributed by atoms with Crippen LogP contribution in [0.25, 0.3) is 0 Å². The second-order valence-electron chi connectivity index (χ2n) is 2.60. The van der Waals surface area contributed by atoms with Gasteiger partial charge in [-0.3, -0.25) is 4.79 Å². The highest BCUT2D eigenvalue weighted by molar-refractivity contribution is 5.60. The van der Waals surface area contributed by atoms with Gasteiger partial charge in [0.15, 0.2) is 0 Å². The number of rotatable bonds is 3. The molecule has 1 radical (unpaired) electrons. The van der Waals surface area contributed by atoms with Crippen molar-refractivity contribution in [2.24, 2.45) is 11.7 Å². The lowest BCUT2D eigenvalue weighted by atomic mass is 9.94. The molecule has 2 N–H and O–H groups in total. The van der Waals surface area contributed by atoms with Crippen molar-refractivity contribution >= 4 is 6.29 Å². The van der Waals surface area contributed by atoms with E-state index in [-0.39, 0.29) is 5.92 Å². The molecule has 2 nitrogen and oxygen atoms in total. The summed E-state index contributed by atoms with van der Waals surface area (Å²) < 4.78 is 0. The van der Waals surface area contributed by atoms with E-state index in [2.05, 4.69) is 18.2 Å². The molecule has 1 unspecified atom stereocenters. The Balaban J connectivity index is 2.57. The largest absolute Gasteiger partial charge is 0.329 e. The molecule has 0 fully saturated rings. The maximum absolute atomic E-state index is 10.4. The third-order valence-corrected chi connectivity index (χ3v) is 1.86. The maximum atomic E-state index is 10.4. The average molecular weight is 150 g/mol. The minimum atomic E-state index is -0.181. The third-order valence-electron chi connectivity index (χ3n) is 1.86. The predicted molar refractivity (Wildman–Crippen MR) is 44.7 cm³/mol. The molecule has 1 aliphatic carbocycles. The molecule has 0 saturated heterocycles. The first-order chi connectivity index (χ1) is 5.38. The topological polar surface area (TPSA) is 43.1 Å². The average Bonchev–Trinajstić information content (AvgIpc) is 2.09. The monoisotopic (exact) mass is 150 g/mol. The number of carbonyl (C=O) groups excluding carboxylic acids is 1. The Bertz CT molecular complexity index is 194. The van der Waals surface area contributed by atoms with Crippen molar-refractivity contribution in [2.45, 2.75) is 12.8 Å². The van der Waals surface area contributed by atoms with Gasteiger partial charge < -0.3 is 5.73 Å². The van der Waals surface area contributed by atoms with Crippen LogP contribution >= 0.6 is 0 Å². The van der Waals surface area contributed by atoms with E-state index in [0.717, 1.165) is 18.4 Å². The van der Waals surface area contributed by atoms with Crippen molar-refractivity contribution in [1.82, 2.24) is 0 Å². The van der Waals surface area contributed by atoms with E-state index >= 15 is 0 Å². The fraction of sp³-hybridized carbons (Fsp3) is 0.444. The molecule has 1 rings (SSSR count). The Morgan fingerprint density at radius 3 is 2.91 bits per heavy atom. The van der Waals surface area contributed by atoms with Crippen molar-refractivity contribution < 1.29 is 4.79 Å². The summed E-state index contributed by atoms with van der Waals surface area (Å²) >= 11 is 0. The summed E-state index contributed by atoms with van der Waals surface area (Å²) in [6.45, 7) is 0.378. The van der Waals surface area contributed by atoms with Gasteiger partial charge in [0.25, 0.3) is 0 Å². The van der Waals surface area contributed by atoms with Crippen LogP contribution in [0.4, 0.5) is 0 Å². The molecular formula is C9H12NO. The van der Waals surface area contributed by atoms with E-state index in [1.807, 2.05) is 6.29 Å². The summed E-state index contributed by atoms with van der Waals surface area (Å²) in [5.41, 5.74) is 6.50. The van der Waals surface area contributed by atoms with E-state index < -0.39 is 0 Å². The molecule has 0 aliphatic heterocycles. The second-order valence-corrected chi connectivity index (χ2v) is 2.60. The van der Waals surface area contributed by atoms with Crippen molar-refractivity contribution in [2.75, 3.05) is 6.54 Å².